The minimum absolute atomic E-state index is 0.0364. The van der Waals surface area contributed by atoms with Crippen molar-refractivity contribution in [2.24, 2.45) is 0 Å². The molecule has 1 aliphatic rings. The van der Waals surface area contributed by atoms with Crippen molar-refractivity contribution in [1.29, 1.82) is 5.41 Å². The van der Waals surface area contributed by atoms with Gasteiger partial charge in [0.15, 0.2) is 0 Å². The number of rotatable bonds is 2. The Bertz CT molecular complexity index is 559. The molecular formula is C12H13BN4O2. The van der Waals surface area contributed by atoms with Crippen molar-refractivity contribution in [3.63, 3.8) is 0 Å². The molecule has 3 amide bonds. The molecule has 19 heavy (non-hydrogen) atoms. The van der Waals surface area contributed by atoms with Gasteiger partial charge in [0.2, 0.25) is 5.91 Å². The standard InChI is InChI=1S/C12H13BN4O2/c1-15-9-6-7(13)2-3-8(9)11(14)17-5-4-10(18)16-12(17)19/h2-3,6,14-15H,4-5H2,1H3,(H,16,18,19). The summed E-state index contributed by atoms with van der Waals surface area (Å²) < 4.78 is 0. The van der Waals surface area contributed by atoms with Crippen molar-refractivity contribution in [3.8, 4) is 0 Å². The predicted molar refractivity (Wildman–Crippen MR) is 73.1 cm³/mol. The number of nitrogens with one attached hydrogen (secondary N) is 3. The maximum atomic E-state index is 11.7. The Hall–Kier alpha value is -2.31. The molecule has 6 nitrogen and oxygen atoms in total. The molecule has 2 radical (unpaired) electrons. The molecule has 2 rings (SSSR count). The highest BCUT2D eigenvalue weighted by molar-refractivity contribution is 6.33. The van der Waals surface area contributed by atoms with Gasteiger partial charge in [-0.25, -0.2) is 4.79 Å². The summed E-state index contributed by atoms with van der Waals surface area (Å²) >= 11 is 0. The second kappa shape index (κ2) is 5.13. The molecule has 7 heteroatoms. The van der Waals surface area contributed by atoms with Crippen molar-refractivity contribution in [1.82, 2.24) is 10.2 Å². The molecule has 1 aromatic rings. The average Bonchev–Trinajstić information content (AvgIpc) is 2.37. The lowest BCUT2D eigenvalue weighted by Gasteiger charge is -2.27. The van der Waals surface area contributed by atoms with E-state index < -0.39 is 6.03 Å². The molecule has 0 unspecified atom stereocenters. The Morgan fingerprint density at radius 3 is 2.84 bits per heavy atom. The summed E-state index contributed by atoms with van der Waals surface area (Å²) in [4.78, 5) is 24.0. The number of imide groups is 1. The third-order valence-corrected chi connectivity index (χ3v) is 2.89. The van der Waals surface area contributed by atoms with Gasteiger partial charge in [-0.1, -0.05) is 11.5 Å². The van der Waals surface area contributed by atoms with Crippen molar-refractivity contribution in [3.05, 3.63) is 23.8 Å². The van der Waals surface area contributed by atoms with Crippen LogP contribution in [0.1, 0.15) is 12.0 Å². The van der Waals surface area contributed by atoms with Crippen LogP contribution in [0.25, 0.3) is 0 Å². The van der Waals surface area contributed by atoms with Crippen molar-refractivity contribution < 1.29 is 9.59 Å². The molecule has 0 spiro atoms. The number of benzene rings is 1. The van der Waals surface area contributed by atoms with Gasteiger partial charge in [-0.05, 0) is 12.1 Å². The molecule has 1 aromatic carbocycles. The Labute approximate surface area is 112 Å². The average molecular weight is 256 g/mol. The zero-order valence-electron chi connectivity index (χ0n) is 10.5. The largest absolute Gasteiger partial charge is 0.388 e. The van der Waals surface area contributed by atoms with Gasteiger partial charge in [-0.15, -0.1) is 0 Å². The van der Waals surface area contributed by atoms with Crippen LogP contribution in [0.5, 0.6) is 0 Å². The molecule has 0 atom stereocenters. The van der Waals surface area contributed by atoms with E-state index in [1.165, 1.54) is 4.90 Å². The normalized spacial score (nSPS) is 15.1. The zero-order valence-corrected chi connectivity index (χ0v) is 10.5. The van der Waals surface area contributed by atoms with E-state index in [1.807, 2.05) is 0 Å². The predicted octanol–water partition coefficient (Wildman–Crippen LogP) is -0.211. The first-order valence-electron chi connectivity index (χ1n) is 5.80. The van der Waals surface area contributed by atoms with Crippen LogP contribution < -0.4 is 16.1 Å². The molecular weight excluding hydrogens is 243 g/mol. The van der Waals surface area contributed by atoms with Crippen LogP contribution in [0.3, 0.4) is 0 Å². The van der Waals surface area contributed by atoms with Gasteiger partial charge in [0, 0.05) is 31.3 Å². The number of amides is 3. The minimum atomic E-state index is -0.569. The Morgan fingerprint density at radius 1 is 1.47 bits per heavy atom. The van der Waals surface area contributed by atoms with E-state index in [9.17, 15) is 9.59 Å². The first-order valence-corrected chi connectivity index (χ1v) is 5.80. The van der Waals surface area contributed by atoms with Crippen molar-refractivity contribution in [2.75, 3.05) is 18.9 Å². The lowest BCUT2D eigenvalue weighted by atomic mass is 9.93. The van der Waals surface area contributed by atoms with Crippen molar-refractivity contribution in [2.45, 2.75) is 6.42 Å². The van der Waals surface area contributed by atoms with Crippen LogP contribution >= 0.6 is 0 Å². The summed E-state index contributed by atoms with van der Waals surface area (Å²) in [6.07, 6.45) is 0.192. The van der Waals surface area contributed by atoms with Gasteiger partial charge in [-0.2, -0.15) is 0 Å². The zero-order chi connectivity index (χ0) is 14.0. The minimum Gasteiger partial charge on any atom is -0.388 e. The Balaban J connectivity index is 2.29. The first kappa shape index (κ1) is 13.1. The Kier molecular flexibility index (Phi) is 3.55. The SMILES string of the molecule is [B]c1ccc(C(=N)N2CCC(=O)NC2=O)c(NC)c1. The van der Waals surface area contributed by atoms with Crippen LogP contribution in [0.4, 0.5) is 10.5 Å². The van der Waals surface area contributed by atoms with Gasteiger partial charge >= 0.3 is 6.03 Å². The van der Waals surface area contributed by atoms with Crippen LogP contribution in [0.2, 0.25) is 0 Å². The lowest BCUT2D eigenvalue weighted by molar-refractivity contribution is -0.121. The highest BCUT2D eigenvalue weighted by Crippen LogP contribution is 2.16. The summed E-state index contributed by atoms with van der Waals surface area (Å²) in [5.74, 6) is -0.283. The third kappa shape index (κ3) is 2.59. The fourth-order valence-electron chi connectivity index (χ4n) is 1.90. The molecule has 3 N–H and O–H groups in total. The monoisotopic (exact) mass is 256 g/mol. The number of carbonyl (C=O) groups is 2. The molecule has 1 saturated heterocycles. The van der Waals surface area contributed by atoms with Crippen LogP contribution in [0.15, 0.2) is 18.2 Å². The number of carbonyl (C=O) groups excluding carboxylic acids is 2. The van der Waals surface area contributed by atoms with Gasteiger partial charge in [0.05, 0.1) is 0 Å². The van der Waals surface area contributed by atoms with E-state index in [0.717, 1.165) is 0 Å². The molecule has 96 valence electrons. The number of nitrogens with zero attached hydrogens (tertiary/aromatic N) is 1. The molecule has 0 bridgehead atoms. The number of anilines is 1. The summed E-state index contributed by atoms with van der Waals surface area (Å²) in [5.41, 5.74) is 1.79. The topological polar surface area (TPSA) is 85.3 Å². The molecule has 1 heterocycles. The molecule has 0 aliphatic carbocycles. The summed E-state index contributed by atoms with van der Waals surface area (Å²) in [5, 5.41) is 13.2. The fourth-order valence-corrected chi connectivity index (χ4v) is 1.90. The van der Waals surface area contributed by atoms with E-state index in [1.54, 1.807) is 25.2 Å². The summed E-state index contributed by atoms with van der Waals surface area (Å²) in [7, 11) is 7.39. The van der Waals surface area contributed by atoms with E-state index in [-0.39, 0.29) is 24.7 Å². The summed E-state index contributed by atoms with van der Waals surface area (Å²) in [6, 6.07) is 4.46. The summed E-state index contributed by atoms with van der Waals surface area (Å²) in [6.45, 7) is 0.205. The van der Waals surface area contributed by atoms with Crippen LogP contribution in [-0.4, -0.2) is 44.1 Å². The van der Waals surface area contributed by atoms with Gasteiger partial charge < -0.3 is 5.32 Å². The van der Waals surface area contributed by atoms with Crippen molar-refractivity contribution >= 4 is 36.8 Å². The number of amidine groups is 1. The van der Waals surface area contributed by atoms with Gasteiger partial charge in [0.1, 0.15) is 13.7 Å². The van der Waals surface area contributed by atoms with Crippen LogP contribution in [0, 0.1) is 5.41 Å². The van der Waals surface area contributed by atoms with E-state index in [0.29, 0.717) is 16.7 Å². The second-order valence-corrected chi connectivity index (χ2v) is 4.16. The molecule has 0 aromatic heterocycles. The van der Waals surface area contributed by atoms with E-state index in [4.69, 9.17) is 13.3 Å². The highest BCUT2D eigenvalue weighted by atomic mass is 16.2. The lowest BCUT2D eigenvalue weighted by Crippen LogP contribution is -2.52. The number of hydrogen-bond donors (Lipinski definition) is 3. The maximum Gasteiger partial charge on any atom is 0.329 e. The van der Waals surface area contributed by atoms with Gasteiger partial charge in [0.25, 0.3) is 0 Å². The van der Waals surface area contributed by atoms with E-state index in [2.05, 4.69) is 10.6 Å². The smallest absolute Gasteiger partial charge is 0.329 e. The fraction of sp³-hybridized carbons (Fsp3) is 0.250. The third-order valence-electron chi connectivity index (χ3n) is 2.89. The number of urea groups is 1. The molecule has 0 saturated carbocycles. The second-order valence-electron chi connectivity index (χ2n) is 4.16. The highest BCUT2D eigenvalue weighted by Gasteiger charge is 2.27. The molecule has 1 aliphatic heterocycles. The van der Waals surface area contributed by atoms with Crippen LogP contribution in [-0.2, 0) is 4.79 Å². The molecule has 1 fully saturated rings. The quantitative estimate of drug-likeness (QED) is 0.389. The Morgan fingerprint density at radius 2 is 2.21 bits per heavy atom. The number of hydrogen-bond acceptors (Lipinski definition) is 4. The van der Waals surface area contributed by atoms with Gasteiger partial charge in [-0.3, -0.25) is 20.4 Å². The first-order chi connectivity index (χ1) is 9.02. The van der Waals surface area contributed by atoms with E-state index >= 15 is 0 Å². The maximum absolute atomic E-state index is 11.7.